The van der Waals surface area contributed by atoms with Gasteiger partial charge in [-0.1, -0.05) is 5.16 Å². The SMILES string of the molecule is COc1ccc(/C(=N\O)c2ccnc(Nc3ccc(C#N)cc3)n2)cc1. The first-order valence-electron chi connectivity index (χ1n) is 7.70. The number of hydrogen-bond donors (Lipinski definition) is 2. The second-order valence-electron chi connectivity index (χ2n) is 5.26. The zero-order chi connectivity index (χ0) is 18.4. The molecule has 0 atom stereocenters. The Morgan fingerprint density at radius 1 is 1.12 bits per heavy atom. The van der Waals surface area contributed by atoms with E-state index >= 15 is 0 Å². The van der Waals surface area contributed by atoms with Crippen molar-refractivity contribution in [3.05, 3.63) is 77.6 Å². The lowest BCUT2D eigenvalue weighted by Crippen LogP contribution is -2.08. The van der Waals surface area contributed by atoms with Gasteiger partial charge < -0.3 is 15.3 Å². The fourth-order valence-electron chi connectivity index (χ4n) is 2.31. The molecule has 1 aromatic heterocycles. The molecule has 3 rings (SSSR count). The maximum absolute atomic E-state index is 9.44. The van der Waals surface area contributed by atoms with Crippen LogP contribution in [0.25, 0.3) is 0 Å². The smallest absolute Gasteiger partial charge is 0.227 e. The highest BCUT2D eigenvalue weighted by Crippen LogP contribution is 2.17. The number of nitrogens with zero attached hydrogens (tertiary/aromatic N) is 4. The molecule has 2 N–H and O–H groups in total. The van der Waals surface area contributed by atoms with E-state index in [1.807, 2.05) is 0 Å². The largest absolute Gasteiger partial charge is 0.497 e. The van der Waals surface area contributed by atoms with Crippen molar-refractivity contribution in [3.8, 4) is 11.8 Å². The molecule has 0 amide bonds. The van der Waals surface area contributed by atoms with Gasteiger partial charge >= 0.3 is 0 Å². The fourth-order valence-corrected chi connectivity index (χ4v) is 2.31. The zero-order valence-electron chi connectivity index (χ0n) is 13.9. The van der Waals surface area contributed by atoms with Crippen molar-refractivity contribution >= 4 is 17.3 Å². The third-order valence-corrected chi connectivity index (χ3v) is 3.63. The van der Waals surface area contributed by atoms with Gasteiger partial charge in [0, 0.05) is 17.4 Å². The van der Waals surface area contributed by atoms with Crippen LogP contribution in [-0.2, 0) is 0 Å². The minimum atomic E-state index is 0.318. The van der Waals surface area contributed by atoms with E-state index in [9.17, 15) is 5.21 Å². The Morgan fingerprint density at radius 3 is 2.46 bits per heavy atom. The second kappa shape index (κ2) is 7.77. The average Bonchev–Trinajstić information content (AvgIpc) is 2.70. The van der Waals surface area contributed by atoms with Crippen LogP contribution >= 0.6 is 0 Å². The van der Waals surface area contributed by atoms with Crippen LogP contribution in [0.15, 0.2) is 65.9 Å². The number of rotatable bonds is 5. The predicted octanol–water partition coefficient (Wildman–Crippen LogP) is 3.33. The predicted molar refractivity (Wildman–Crippen MR) is 96.9 cm³/mol. The molecule has 0 aliphatic carbocycles. The zero-order valence-corrected chi connectivity index (χ0v) is 13.9. The third-order valence-electron chi connectivity index (χ3n) is 3.63. The molecule has 0 radical (unpaired) electrons. The van der Waals surface area contributed by atoms with Crippen molar-refractivity contribution in [1.82, 2.24) is 9.97 Å². The molecule has 0 spiro atoms. The number of nitrogens with one attached hydrogen (secondary N) is 1. The van der Waals surface area contributed by atoms with E-state index in [1.54, 1.807) is 67.9 Å². The summed E-state index contributed by atoms with van der Waals surface area (Å²) >= 11 is 0. The van der Waals surface area contributed by atoms with E-state index in [0.29, 0.717) is 34.2 Å². The number of benzene rings is 2. The molecule has 0 fully saturated rings. The molecule has 7 heteroatoms. The quantitative estimate of drug-likeness (QED) is 0.418. The summed E-state index contributed by atoms with van der Waals surface area (Å²) in [6.07, 6.45) is 1.57. The first-order chi connectivity index (χ1) is 12.7. The minimum Gasteiger partial charge on any atom is -0.497 e. The van der Waals surface area contributed by atoms with E-state index in [0.717, 1.165) is 5.69 Å². The molecule has 128 valence electrons. The molecular weight excluding hydrogens is 330 g/mol. The van der Waals surface area contributed by atoms with Crippen LogP contribution < -0.4 is 10.1 Å². The molecular formula is C19H15N5O2. The van der Waals surface area contributed by atoms with Gasteiger partial charge in [-0.3, -0.25) is 0 Å². The number of ether oxygens (including phenoxy) is 1. The maximum atomic E-state index is 9.44. The summed E-state index contributed by atoms with van der Waals surface area (Å²) in [5, 5.41) is 24.7. The number of aromatic nitrogens is 2. The minimum absolute atomic E-state index is 0.318. The van der Waals surface area contributed by atoms with Crippen LogP contribution in [-0.4, -0.2) is 28.0 Å². The van der Waals surface area contributed by atoms with E-state index in [2.05, 4.69) is 26.5 Å². The Balaban J connectivity index is 1.85. The van der Waals surface area contributed by atoms with Crippen molar-refractivity contribution in [2.45, 2.75) is 0 Å². The molecule has 0 saturated carbocycles. The molecule has 26 heavy (non-hydrogen) atoms. The number of anilines is 2. The van der Waals surface area contributed by atoms with Gasteiger partial charge in [-0.25, -0.2) is 9.97 Å². The van der Waals surface area contributed by atoms with Crippen LogP contribution in [0.5, 0.6) is 5.75 Å². The Labute approximate surface area is 150 Å². The molecule has 0 bridgehead atoms. The fraction of sp³-hybridized carbons (Fsp3) is 0.0526. The lowest BCUT2D eigenvalue weighted by atomic mass is 10.1. The number of oxime groups is 1. The topological polar surface area (TPSA) is 103 Å². The van der Waals surface area contributed by atoms with Crippen LogP contribution in [0.4, 0.5) is 11.6 Å². The van der Waals surface area contributed by atoms with Crippen molar-refractivity contribution in [2.75, 3.05) is 12.4 Å². The van der Waals surface area contributed by atoms with Gasteiger partial charge in [-0.2, -0.15) is 5.26 Å². The molecule has 3 aromatic rings. The molecule has 0 aliphatic rings. The molecule has 2 aromatic carbocycles. The molecule has 7 nitrogen and oxygen atoms in total. The first kappa shape index (κ1) is 16.9. The summed E-state index contributed by atoms with van der Waals surface area (Å²) in [5.41, 5.74) is 2.78. The van der Waals surface area contributed by atoms with Crippen molar-refractivity contribution < 1.29 is 9.94 Å². The van der Waals surface area contributed by atoms with Crippen molar-refractivity contribution in [1.29, 1.82) is 5.26 Å². The third kappa shape index (κ3) is 3.76. The summed E-state index contributed by atoms with van der Waals surface area (Å²) in [4.78, 5) is 8.56. The van der Waals surface area contributed by atoms with Crippen LogP contribution in [0.1, 0.15) is 16.8 Å². The average molecular weight is 345 g/mol. The lowest BCUT2D eigenvalue weighted by Gasteiger charge is -2.08. The first-order valence-corrected chi connectivity index (χ1v) is 7.70. The summed E-state index contributed by atoms with van der Waals surface area (Å²) in [6.45, 7) is 0. The lowest BCUT2D eigenvalue weighted by molar-refractivity contribution is 0.319. The van der Waals surface area contributed by atoms with E-state index in [-0.39, 0.29) is 0 Å². The van der Waals surface area contributed by atoms with E-state index < -0.39 is 0 Å². The van der Waals surface area contributed by atoms with Crippen LogP contribution in [0.3, 0.4) is 0 Å². The highest BCUT2D eigenvalue weighted by molar-refractivity contribution is 6.11. The van der Waals surface area contributed by atoms with E-state index in [4.69, 9.17) is 10.00 Å². The molecule has 1 heterocycles. The number of nitriles is 1. The standard InChI is InChI=1S/C19H15N5O2/c1-26-16-8-4-14(5-9-16)18(24-25)17-10-11-21-19(23-17)22-15-6-2-13(12-20)3-7-15/h2-11,25H,1H3,(H,21,22,23)/b24-18+. The van der Waals surface area contributed by atoms with Gasteiger partial charge in [-0.15, -0.1) is 0 Å². The highest BCUT2D eigenvalue weighted by Gasteiger charge is 2.11. The van der Waals surface area contributed by atoms with Gasteiger partial charge in [0.15, 0.2) is 0 Å². The second-order valence-corrected chi connectivity index (χ2v) is 5.26. The Kier molecular flexibility index (Phi) is 5.05. The van der Waals surface area contributed by atoms with Gasteiger partial charge in [0.1, 0.15) is 11.5 Å². The summed E-state index contributed by atoms with van der Waals surface area (Å²) in [5.74, 6) is 1.05. The molecule has 0 aliphatic heterocycles. The number of hydrogen-bond acceptors (Lipinski definition) is 7. The Bertz CT molecular complexity index is 960. The maximum Gasteiger partial charge on any atom is 0.227 e. The van der Waals surface area contributed by atoms with Crippen molar-refractivity contribution in [2.24, 2.45) is 5.16 Å². The summed E-state index contributed by atoms with van der Waals surface area (Å²) in [7, 11) is 1.58. The summed E-state index contributed by atoms with van der Waals surface area (Å²) < 4.78 is 5.13. The molecule has 0 unspecified atom stereocenters. The molecule has 0 saturated heterocycles. The Morgan fingerprint density at radius 2 is 1.85 bits per heavy atom. The van der Waals surface area contributed by atoms with Gasteiger partial charge in [0.25, 0.3) is 0 Å². The Hall–Kier alpha value is -3.92. The van der Waals surface area contributed by atoms with Crippen LogP contribution in [0, 0.1) is 11.3 Å². The van der Waals surface area contributed by atoms with Crippen LogP contribution in [0.2, 0.25) is 0 Å². The highest BCUT2D eigenvalue weighted by atomic mass is 16.5. The monoisotopic (exact) mass is 345 g/mol. The normalized spacial score (nSPS) is 10.8. The van der Waals surface area contributed by atoms with Gasteiger partial charge in [0.2, 0.25) is 5.95 Å². The van der Waals surface area contributed by atoms with Gasteiger partial charge in [0.05, 0.1) is 24.4 Å². The van der Waals surface area contributed by atoms with Crippen molar-refractivity contribution in [3.63, 3.8) is 0 Å². The van der Waals surface area contributed by atoms with E-state index in [1.165, 1.54) is 0 Å². The number of methoxy groups -OCH3 is 1. The van der Waals surface area contributed by atoms with Gasteiger partial charge in [-0.05, 0) is 54.6 Å². The summed E-state index contributed by atoms with van der Waals surface area (Å²) in [6, 6.07) is 17.8.